The third kappa shape index (κ3) is 2.50. The zero-order valence-electron chi connectivity index (χ0n) is 9.96. The first kappa shape index (κ1) is 12.2. The van der Waals surface area contributed by atoms with Crippen molar-refractivity contribution >= 4 is 5.91 Å². The van der Waals surface area contributed by atoms with Crippen LogP contribution in [0.3, 0.4) is 0 Å². The third-order valence-corrected chi connectivity index (χ3v) is 2.47. The van der Waals surface area contributed by atoms with E-state index in [-0.39, 0.29) is 17.5 Å². The van der Waals surface area contributed by atoms with Gasteiger partial charge in [0.05, 0.1) is 6.04 Å². The first-order chi connectivity index (χ1) is 8.58. The van der Waals surface area contributed by atoms with E-state index in [2.05, 4.69) is 20.5 Å². The highest BCUT2D eigenvalue weighted by Crippen LogP contribution is 2.09. The van der Waals surface area contributed by atoms with E-state index >= 15 is 0 Å². The number of pyridine rings is 1. The minimum atomic E-state index is -0.686. The Morgan fingerprint density at radius 3 is 2.94 bits per heavy atom. The maximum atomic E-state index is 12.9. The Kier molecular flexibility index (Phi) is 3.31. The standard InChI is InChI=1S/C11H12FN5O/c1-7(10-16-14-6-17(10)2)15-11(18)8-3-4-13-9(12)5-8/h3-7H,1-2H3,(H,15,18). The van der Waals surface area contributed by atoms with Gasteiger partial charge in [-0.05, 0) is 13.0 Å². The van der Waals surface area contributed by atoms with Crippen molar-refractivity contribution in [3.05, 3.63) is 42.0 Å². The van der Waals surface area contributed by atoms with Gasteiger partial charge in [-0.2, -0.15) is 4.39 Å². The van der Waals surface area contributed by atoms with Gasteiger partial charge in [0.2, 0.25) is 5.95 Å². The Labute approximate surface area is 103 Å². The fourth-order valence-electron chi connectivity index (χ4n) is 1.57. The van der Waals surface area contributed by atoms with Crippen molar-refractivity contribution in [2.75, 3.05) is 0 Å². The molecule has 0 saturated carbocycles. The molecule has 2 heterocycles. The van der Waals surface area contributed by atoms with E-state index in [4.69, 9.17) is 0 Å². The molecule has 0 aromatic carbocycles. The van der Waals surface area contributed by atoms with Crippen LogP contribution in [0.25, 0.3) is 0 Å². The number of aromatic nitrogens is 4. The summed E-state index contributed by atoms with van der Waals surface area (Å²) in [6.07, 6.45) is 2.79. The van der Waals surface area contributed by atoms with E-state index in [1.165, 1.54) is 12.3 Å². The Morgan fingerprint density at radius 1 is 1.56 bits per heavy atom. The highest BCUT2D eigenvalue weighted by molar-refractivity contribution is 5.94. The molecule has 0 fully saturated rings. The van der Waals surface area contributed by atoms with Gasteiger partial charge in [-0.25, -0.2) is 4.98 Å². The topological polar surface area (TPSA) is 72.7 Å². The second kappa shape index (κ2) is 4.91. The lowest BCUT2D eigenvalue weighted by molar-refractivity contribution is 0.0937. The number of rotatable bonds is 3. The average molecular weight is 249 g/mol. The van der Waals surface area contributed by atoms with Gasteiger partial charge in [-0.1, -0.05) is 0 Å². The Morgan fingerprint density at radius 2 is 2.33 bits per heavy atom. The molecule has 2 aromatic heterocycles. The van der Waals surface area contributed by atoms with Crippen molar-refractivity contribution in [1.82, 2.24) is 25.1 Å². The molecular formula is C11H12FN5O. The average Bonchev–Trinajstić information content (AvgIpc) is 2.75. The van der Waals surface area contributed by atoms with E-state index < -0.39 is 5.95 Å². The number of aryl methyl sites for hydroxylation is 1. The summed E-state index contributed by atoms with van der Waals surface area (Å²) in [5.41, 5.74) is 0.219. The minimum absolute atomic E-state index is 0.219. The number of halogens is 1. The zero-order valence-corrected chi connectivity index (χ0v) is 9.96. The Bertz CT molecular complexity index is 568. The van der Waals surface area contributed by atoms with Crippen LogP contribution in [-0.2, 0) is 7.05 Å². The number of carbonyl (C=O) groups is 1. The molecule has 2 rings (SSSR count). The summed E-state index contributed by atoms with van der Waals surface area (Å²) in [6.45, 7) is 1.78. The fourth-order valence-corrected chi connectivity index (χ4v) is 1.57. The Hall–Kier alpha value is -2.31. The van der Waals surface area contributed by atoms with E-state index in [9.17, 15) is 9.18 Å². The molecule has 6 nitrogen and oxygen atoms in total. The number of carbonyl (C=O) groups excluding carboxylic acids is 1. The van der Waals surface area contributed by atoms with Crippen LogP contribution in [0.1, 0.15) is 29.1 Å². The van der Waals surface area contributed by atoms with Gasteiger partial charge in [-0.15, -0.1) is 10.2 Å². The van der Waals surface area contributed by atoms with Crippen LogP contribution in [0.5, 0.6) is 0 Å². The van der Waals surface area contributed by atoms with Crippen LogP contribution in [0.2, 0.25) is 0 Å². The summed E-state index contributed by atoms with van der Waals surface area (Å²) in [4.78, 5) is 15.2. The lowest BCUT2D eigenvalue weighted by atomic mass is 10.2. The second-order valence-corrected chi connectivity index (χ2v) is 3.86. The summed E-state index contributed by atoms with van der Waals surface area (Å²) >= 11 is 0. The molecule has 0 bridgehead atoms. The van der Waals surface area contributed by atoms with Gasteiger partial charge in [0.25, 0.3) is 5.91 Å². The van der Waals surface area contributed by atoms with Gasteiger partial charge in [0.1, 0.15) is 6.33 Å². The highest BCUT2D eigenvalue weighted by Gasteiger charge is 2.15. The molecule has 18 heavy (non-hydrogen) atoms. The molecule has 1 atom stereocenters. The summed E-state index contributed by atoms with van der Waals surface area (Å²) in [6, 6.07) is 2.21. The van der Waals surface area contributed by atoms with Gasteiger partial charge >= 0.3 is 0 Å². The molecule has 7 heteroatoms. The van der Waals surface area contributed by atoms with E-state index in [0.29, 0.717) is 5.82 Å². The van der Waals surface area contributed by atoms with Crippen LogP contribution >= 0.6 is 0 Å². The summed E-state index contributed by atoms with van der Waals surface area (Å²) < 4.78 is 14.6. The predicted molar refractivity (Wildman–Crippen MR) is 61.1 cm³/mol. The Balaban J connectivity index is 2.10. The lowest BCUT2D eigenvalue weighted by Gasteiger charge is -2.12. The third-order valence-electron chi connectivity index (χ3n) is 2.47. The van der Waals surface area contributed by atoms with E-state index in [0.717, 1.165) is 6.07 Å². The number of hydrogen-bond donors (Lipinski definition) is 1. The van der Waals surface area contributed by atoms with Crippen LogP contribution in [-0.4, -0.2) is 25.7 Å². The maximum Gasteiger partial charge on any atom is 0.252 e. The molecule has 2 aromatic rings. The maximum absolute atomic E-state index is 12.9. The van der Waals surface area contributed by atoms with Crippen LogP contribution in [0, 0.1) is 5.95 Å². The largest absolute Gasteiger partial charge is 0.342 e. The number of hydrogen-bond acceptors (Lipinski definition) is 4. The van der Waals surface area contributed by atoms with Crippen LogP contribution in [0.15, 0.2) is 24.7 Å². The van der Waals surface area contributed by atoms with Crippen molar-refractivity contribution < 1.29 is 9.18 Å². The monoisotopic (exact) mass is 249 g/mol. The second-order valence-electron chi connectivity index (χ2n) is 3.86. The fraction of sp³-hybridized carbons (Fsp3) is 0.273. The van der Waals surface area contributed by atoms with Crippen molar-refractivity contribution in [1.29, 1.82) is 0 Å². The van der Waals surface area contributed by atoms with Gasteiger partial charge < -0.3 is 9.88 Å². The first-order valence-corrected chi connectivity index (χ1v) is 5.34. The minimum Gasteiger partial charge on any atom is -0.342 e. The highest BCUT2D eigenvalue weighted by atomic mass is 19.1. The molecule has 0 spiro atoms. The van der Waals surface area contributed by atoms with Gasteiger partial charge in [-0.3, -0.25) is 4.79 Å². The summed E-state index contributed by atoms with van der Waals surface area (Å²) in [7, 11) is 1.78. The SMILES string of the molecule is CC(NC(=O)c1ccnc(F)c1)c1nncn1C. The molecule has 1 N–H and O–H groups in total. The molecule has 1 amide bonds. The van der Waals surface area contributed by atoms with Crippen molar-refractivity contribution in [3.8, 4) is 0 Å². The smallest absolute Gasteiger partial charge is 0.252 e. The predicted octanol–water partition coefficient (Wildman–Crippen LogP) is 0.840. The first-order valence-electron chi connectivity index (χ1n) is 5.34. The number of nitrogens with one attached hydrogen (secondary N) is 1. The van der Waals surface area contributed by atoms with Gasteiger partial charge in [0.15, 0.2) is 5.82 Å². The van der Waals surface area contributed by atoms with Crippen molar-refractivity contribution in [2.45, 2.75) is 13.0 Å². The molecule has 0 aliphatic carbocycles. The van der Waals surface area contributed by atoms with Crippen LogP contribution in [0.4, 0.5) is 4.39 Å². The summed E-state index contributed by atoms with van der Waals surface area (Å²) in [5, 5.41) is 10.3. The number of amides is 1. The molecule has 1 unspecified atom stereocenters. The van der Waals surface area contributed by atoms with Crippen molar-refractivity contribution in [3.63, 3.8) is 0 Å². The molecular weight excluding hydrogens is 237 g/mol. The molecule has 0 aliphatic rings. The normalized spacial score (nSPS) is 12.2. The molecule has 0 radical (unpaired) electrons. The zero-order chi connectivity index (χ0) is 13.1. The summed E-state index contributed by atoms with van der Waals surface area (Å²) in [5.74, 6) is -0.446. The van der Waals surface area contributed by atoms with Crippen molar-refractivity contribution in [2.24, 2.45) is 7.05 Å². The lowest BCUT2D eigenvalue weighted by Crippen LogP contribution is -2.28. The van der Waals surface area contributed by atoms with Crippen LogP contribution < -0.4 is 5.32 Å². The molecule has 0 saturated heterocycles. The number of nitrogens with zero attached hydrogens (tertiary/aromatic N) is 4. The molecule has 0 aliphatic heterocycles. The quantitative estimate of drug-likeness (QED) is 0.818. The van der Waals surface area contributed by atoms with E-state index in [1.54, 1.807) is 24.9 Å². The van der Waals surface area contributed by atoms with E-state index in [1.807, 2.05) is 0 Å². The molecule has 94 valence electrons. The van der Waals surface area contributed by atoms with Gasteiger partial charge in [0, 0.05) is 24.9 Å².